The molecule has 0 spiro atoms. The van der Waals surface area contributed by atoms with E-state index in [4.69, 9.17) is 0 Å². The fraction of sp³-hybridized carbons (Fsp3) is 0.778. The van der Waals surface area contributed by atoms with Gasteiger partial charge in [0.15, 0.2) is 6.10 Å². The van der Waals surface area contributed by atoms with Crippen molar-refractivity contribution < 1.29 is 22.7 Å². The Kier molecular flexibility index (Phi) is 3.77. The monoisotopic (exact) mass is 223 g/mol. The number of halogens is 3. The lowest BCUT2D eigenvalue weighted by Gasteiger charge is -2.35. The van der Waals surface area contributed by atoms with Crippen molar-refractivity contribution in [3.63, 3.8) is 0 Å². The number of morpholine rings is 1. The summed E-state index contributed by atoms with van der Waals surface area (Å²) < 4.78 is 41.6. The van der Waals surface area contributed by atoms with Crippen LogP contribution < -0.4 is 0 Å². The van der Waals surface area contributed by atoms with Crippen molar-refractivity contribution in [2.24, 2.45) is 0 Å². The summed E-state index contributed by atoms with van der Waals surface area (Å²) in [5.74, 6) is 1.66. The van der Waals surface area contributed by atoms with Gasteiger partial charge in [0.1, 0.15) is 5.94 Å². The molecular formula is C9H12F3NO2. The predicted molar refractivity (Wildman–Crippen MR) is 46.9 cm³/mol. The van der Waals surface area contributed by atoms with Crippen molar-refractivity contribution in [3.05, 3.63) is 5.70 Å². The molecule has 3 nitrogen and oxygen atoms in total. The maximum Gasteiger partial charge on any atom is 0.416 e. The average Bonchev–Trinajstić information content (AvgIpc) is 2.19. The van der Waals surface area contributed by atoms with Gasteiger partial charge in [-0.2, -0.15) is 13.2 Å². The van der Waals surface area contributed by atoms with Crippen LogP contribution in [0.2, 0.25) is 0 Å². The van der Waals surface area contributed by atoms with E-state index in [2.05, 4.69) is 4.74 Å². The van der Waals surface area contributed by atoms with Crippen molar-refractivity contribution in [2.45, 2.75) is 25.6 Å². The van der Waals surface area contributed by atoms with Gasteiger partial charge >= 0.3 is 6.18 Å². The second-order valence-electron chi connectivity index (χ2n) is 3.25. The Bertz CT molecular complexity index is 271. The Morgan fingerprint density at radius 2 is 2.27 bits per heavy atom. The Hall–Kier alpha value is -1.00. The molecule has 0 N–H and O–H groups in total. The van der Waals surface area contributed by atoms with E-state index in [0.717, 1.165) is 0 Å². The van der Waals surface area contributed by atoms with Crippen LogP contribution in [-0.2, 0) is 9.53 Å². The highest BCUT2D eigenvalue weighted by atomic mass is 19.4. The second-order valence-corrected chi connectivity index (χ2v) is 3.25. The van der Waals surface area contributed by atoms with Crippen LogP contribution in [0.15, 0.2) is 5.70 Å². The average molecular weight is 223 g/mol. The minimum absolute atomic E-state index is 0.0185. The van der Waals surface area contributed by atoms with Gasteiger partial charge in [0.2, 0.25) is 0 Å². The molecule has 0 bridgehead atoms. The maximum absolute atomic E-state index is 12.3. The highest BCUT2D eigenvalue weighted by Crippen LogP contribution is 2.26. The second kappa shape index (κ2) is 4.68. The molecule has 1 saturated heterocycles. The van der Waals surface area contributed by atoms with Crippen LogP contribution in [0.25, 0.3) is 0 Å². The van der Waals surface area contributed by atoms with Crippen LogP contribution >= 0.6 is 0 Å². The standard InChI is InChI=1S/C9H12F3NO2/c1-2-7(6-14)13-3-4-15-8(5-13)9(10,11)12/h8H,2-5H2,1H3. The minimum Gasteiger partial charge on any atom is -0.365 e. The molecule has 1 unspecified atom stereocenters. The lowest BCUT2D eigenvalue weighted by atomic mass is 10.2. The molecular weight excluding hydrogens is 211 g/mol. The zero-order valence-corrected chi connectivity index (χ0v) is 8.30. The third-order valence-electron chi connectivity index (χ3n) is 2.27. The van der Waals surface area contributed by atoms with Crippen molar-refractivity contribution in [1.29, 1.82) is 0 Å². The van der Waals surface area contributed by atoms with Gasteiger partial charge in [0, 0.05) is 6.54 Å². The molecule has 6 heteroatoms. The summed E-state index contributed by atoms with van der Waals surface area (Å²) >= 11 is 0. The summed E-state index contributed by atoms with van der Waals surface area (Å²) in [6.07, 6.45) is -5.80. The van der Waals surface area contributed by atoms with Crippen LogP contribution in [0, 0.1) is 0 Å². The topological polar surface area (TPSA) is 29.5 Å². The molecule has 0 aliphatic carbocycles. The zero-order valence-electron chi connectivity index (χ0n) is 8.30. The van der Waals surface area contributed by atoms with Gasteiger partial charge < -0.3 is 9.64 Å². The fourth-order valence-electron chi connectivity index (χ4n) is 1.45. The number of carbonyl (C=O) groups excluding carboxylic acids is 1. The number of rotatable bonds is 2. The predicted octanol–water partition coefficient (Wildman–Crippen LogP) is 1.37. The molecule has 1 aliphatic heterocycles. The number of allylic oxidation sites excluding steroid dienone is 1. The summed E-state index contributed by atoms with van der Waals surface area (Å²) in [5, 5.41) is 0. The van der Waals surface area contributed by atoms with Crippen molar-refractivity contribution in [2.75, 3.05) is 19.7 Å². The first kappa shape index (κ1) is 12.1. The zero-order chi connectivity index (χ0) is 11.5. The molecule has 1 rings (SSSR count). The highest BCUT2D eigenvalue weighted by Gasteiger charge is 2.43. The Morgan fingerprint density at radius 1 is 1.60 bits per heavy atom. The number of nitrogens with zero attached hydrogens (tertiary/aromatic N) is 1. The lowest BCUT2D eigenvalue weighted by Crippen LogP contribution is -2.48. The van der Waals surface area contributed by atoms with E-state index in [9.17, 15) is 18.0 Å². The highest BCUT2D eigenvalue weighted by molar-refractivity contribution is 5.51. The summed E-state index contributed by atoms with van der Waals surface area (Å²) in [6, 6.07) is 0. The number of alkyl halides is 3. The molecule has 86 valence electrons. The van der Waals surface area contributed by atoms with Crippen molar-refractivity contribution in [1.82, 2.24) is 4.90 Å². The molecule has 1 atom stereocenters. The van der Waals surface area contributed by atoms with Gasteiger partial charge in [-0.15, -0.1) is 0 Å². The maximum atomic E-state index is 12.3. The Labute approximate surface area is 85.5 Å². The SMILES string of the molecule is CCC(=C=O)N1CCOC(C(F)(F)F)C1. The van der Waals surface area contributed by atoms with Gasteiger partial charge in [-0.05, 0) is 6.42 Å². The third kappa shape index (κ3) is 2.97. The molecule has 0 radical (unpaired) electrons. The summed E-state index contributed by atoms with van der Waals surface area (Å²) in [6.45, 7) is 1.68. The third-order valence-corrected chi connectivity index (χ3v) is 2.27. The molecule has 0 saturated carbocycles. The van der Waals surface area contributed by atoms with Crippen LogP contribution in [0.5, 0.6) is 0 Å². The van der Waals surface area contributed by atoms with Crippen LogP contribution in [-0.4, -0.2) is 42.8 Å². The molecule has 0 aromatic carbocycles. The van der Waals surface area contributed by atoms with E-state index in [-0.39, 0.29) is 18.8 Å². The van der Waals surface area contributed by atoms with E-state index in [1.807, 2.05) is 0 Å². The lowest BCUT2D eigenvalue weighted by molar-refractivity contribution is -0.234. The first-order valence-electron chi connectivity index (χ1n) is 4.66. The molecule has 15 heavy (non-hydrogen) atoms. The van der Waals surface area contributed by atoms with E-state index in [1.54, 1.807) is 12.9 Å². The molecule has 1 heterocycles. The van der Waals surface area contributed by atoms with E-state index < -0.39 is 12.3 Å². The molecule has 0 amide bonds. The van der Waals surface area contributed by atoms with Gasteiger partial charge in [0.25, 0.3) is 0 Å². The quantitative estimate of drug-likeness (QED) is 0.662. The normalized spacial score (nSPS) is 22.4. The van der Waals surface area contributed by atoms with Gasteiger partial charge in [-0.3, -0.25) is 0 Å². The number of ether oxygens (including phenoxy) is 1. The van der Waals surface area contributed by atoms with E-state index in [0.29, 0.717) is 13.0 Å². The van der Waals surface area contributed by atoms with Crippen molar-refractivity contribution in [3.8, 4) is 0 Å². The Balaban J connectivity index is 2.68. The smallest absolute Gasteiger partial charge is 0.365 e. The molecule has 0 aromatic rings. The molecule has 1 aliphatic rings. The van der Waals surface area contributed by atoms with E-state index in [1.165, 1.54) is 4.90 Å². The summed E-state index contributed by atoms with van der Waals surface area (Å²) in [5.41, 5.74) is 0.271. The van der Waals surface area contributed by atoms with Gasteiger partial charge in [-0.25, -0.2) is 4.79 Å². The van der Waals surface area contributed by atoms with Crippen molar-refractivity contribution >= 4 is 5.94 Å². The first-order chi connectivity index (χ1) is 6.99. The first-order valence-corrected chi connectivity index (χ1v) is 4.66. The minimum atomic E-state index is -4.37. The van der Waals surface area contributed by atoms with Gasteiger partial charge in [-0.1, -0.05) is 6.92 Å². The molecule has 1 fully saturated rings. The number of hydrogen-bond acceptors (Lipinski definition) is 3. The van der Waals surface area contributed by atoms with Gasteiger partial charge in [0.05, 0.1) is 18.8 Å². The fourth-order valence-corrected chi connectivity index (χ4v) is 1.45. The Morgan fingerprint density at radius 3 is 2.73 bits per heavy atom. The molecule has 0 aromatic heterocycles. The summed E-state index contributed by atoms with van der Waals surface area (Å²) in [7, 11) is 0. The van der Waals surface area contributed by atoms with Crippen LogP contribution in [0.3, 0.4) is 0 Å². The number of hydrogen-bond donors (Lipinski definition) is 0. The summed E-state index contributed by atoms with van der Waals surface area (Å²) in [4.78, 5) is 11.8. The van der Waals surface area contributed by atoms with Crippen LogP contribution in [0.4, 0.5) is 13.2 Å². The van der Waals surface area contributed by atoms with E-state index >= 15 is 0 Å². The largest absolute Gasteiger partial charge is 0.416 e. The van der Waals surface area contributed by atoms with Crippen LogP contribution in [0.1, 0.15) is 13.3 Å².